The number of rotatable bonds is 4. The molecule has 0 spiro atoms. The first-order valence-corrected chi connectivity index (χ1v) is 9.75. The van der Waals surface area contributed by atoms with Crippen LogP contribution in [-0.4, -0.2) is 51.8 Å². The van der Waals surface area contributed by atoms with E-state index in [1.54, 1.807) is 11.8 Å². The molecule has 11 heteroatoms. The number of nitrogens with one attached hydrogen (secondary N) is 2. The minimum Gasteiger partial charge on any atom is -0.348 e. The van der Waals surface area contributed by atoms with E-state index in [0.29, 0.717) is 36.5 Å². The number of hydrogen-bond donors (Lipinski definition) is 2. The molecule has 3 amide bonds. The maximum Gasteiger partial charge on any atom is 0.313 e. The molecular formula is C18H19F2N5O3S. The average molecular weight is 423 g/mol. The van der Waals surface area contributed by atoms with Crippen LogP contribution < -0.4 is 10.6 Å². The van der Waals surface area contributed by atoms with Crippen molar-refractivity contribution in [3.63, 3.8) is 0 Å². The highest BCUT2D eigenvalue weighted by Crippen LogP contribution is 2.21. The lowest BCUT2D eigenvalue weighted by molar-refractivity contribution is -0.136. The van der Waals surface area contributed by atoms with Crippen LogP contribution in [0.3, 0.4) is 0 Å². The number of halogens is 2. The first-order valence-electron chi connectivity index (χ1n) is 8.97. The Labute approximate surface area is 169 Å². The van der Waals surface area contributed by atoms with Crippen molar-refractivity contribution in [3.05, 3.63) is 40.4 Å². The number of aryl methyl sites for hydroxylation is 1. The van der Waals surface area contributed by atoms with Crippen LogP contribution in [0.4, 0.5) is 14.5 Å². The summed E-state index contributed by atoms with van der Waals surface area (Å²) in [6, 6.07) is 2.57. The molecule has 29 heavy (non-hydrogen) atoms. The molecule has 154 valence electrons. The summed E-state index contributed by atoms with van der Waals surface area (Å²) >= 11 is 1.07. The standard InChI is InChI=1S/C18H19F2N5O3S/c1-10-15(29-24-23-10)18(28)25-6-4-11(5-7-25)9-21-16(26)17(27)22-14-8-12(19)2-3-13(14)20/h2-3,8,11H,4-7,9H2,1H3,(H,21,26)(H,22,27). The molecule has 0 aliphatic carbocycles. The van der Waals surface area contributed by atoms with E-state index in [1.165, 1.54) is 0 Å². The van der Waals surface area contributed by atoms with Gasteiger partial charge in [-0.2, -0.15) is 0 Å². The van der Waals surface area contributed by atoms with Gasteiger partial charge in [0.1, 0.15) is 16.5 Å². The Hall–Kier alpha value is -2.95. The number of amides is 3. The van der Waals surface area contributed by atoms with E-state index in [2.05, 4.69) is 20.2 Å². The third-order valence-electron chi connectivity index (χ3n) is 4.68. The molecule has 1 fully saturated rings. The van der Waals surface area contributed by atoms with E-state index in [1.807, 2.05) is 0 Å². The summed E-state index contributed by atoms with van der Waals surface area (Å²) in [4.78, 5) is 38.5. The molecule has 3 rings (SSSR count). The summed E-state index contributed by atoms with van der Waals surface area (Å²) in [6.45, 7) is 3.04. The summed E-state index contributed by atoms with van der Waals surface area (Å²) in [5.74, 6) is -3.57. The molecule has 1 aromatic heterocycles. The Morgan fingerprint density at radius 2 is 1.93 bits per heavy atom. The van der Waals surface area contributed by atoms with Crippen molar-refractivity contribution >= 4 is 34.9 Å². The summed E-state index contributed by atoms with van der Waals surface area (Å²) in [7, 11) is 0. The van der Waals surface area contributed by atoms with Gasteiger partial charge in [0.15, 0.2) is 0 Å². The van der Waals surface area contributed by atoms with Crippen molar-refractivity contribution in [2.45, 2.75) is 19.8 Å². The summed E-state index contributed by atoms with van der Waals surface area (Å²) in [6.07, 6.45) is 1.33. The lowest BCUT2D eigenvalue weighted by Crippen LogP contribution is -2.43. The van der Waals surface area contributed by atoms with Crippen molar-refractivity contribution in [1.82, 2.24) is 19.8 Å². The number of hydrogen-bond acceptors (Lipinski definition) is 6. The molecule has 2 heterocycles. The smallest absolute Gasteiger partial charge is 0.313 e. The Bertz CT molecular complexity index is 928. The van der Waals surface area contributed by atoms with Gasteiger partial charge in [-0.1, -0.05) is 4.49 Å². The molecule has 1 saturated heterocycles. The van der Waals surface area contributed by atoms with Gasteiger partial charge >= 0.3 is 11.8 Å². The average Bonchev–Trinajstić information content (AvgIpc) is 3.14. The number of carbonyl (C=O) groups excluding carboxylic acids is 3. The van der Waals surface area contributed by atoms with Gasteiger partial charge in [0.25, 0.3) is 5.91 Å². The molecule has 0 saturated carbocycles. The fraction of sp³-hybridized carbons (Fsp3) is 0.389. The van der Waals surface area contributed by atoms with Gasteiger partial charge in [0.2, 0.25) is 0 Å². The monoisotopic (exact) mass is 423 g/mol. The van der Waals surface area contributed by atoms with Gasteiger partial charge in [-0.05, 0) is 49.3 Å². The second-order valence-corrected chi connectivity index (χ2v) is 7.47. The molecule has 0 radical (unpaired) electrons. The number of anilines is 1. The maximum atomic E-state index is 13.5. The molecule has 0 unspecified atom stereocenters. The van der Waals surface area contributed by atoms with Crippen molar-refractivity contribution in [1.29, 1.82) is 0 Å². The summed E-state index contributed by atoms with van der Waals surface area (Å²) in [5, 5.41) is 8.39. The lowest BCUT2D eigenvalue weighted by Gasteiger charge is -2.31. The molecule has 2 N–H and O–H groups in total. The highest BCUT2D eigenvalue weighted by molar-refractivity contribution is 7.07. The van der Waals surface area contributed by atoms with E-state index >= 15 is 0 Å². The topological polar surface area (TPSA) is 104 Å². The van der Waals surface area contributed by atoms with Crippen LogP contribution in [0.5, 0.6) is 0 Å². The van der Waals surface area contributed by atoms with E-state index in [4.69, 9.17) is 0 Å². The molecule has 0 atom stereocenters. The zero-order valence-electron chi connectivity index (χ0n) is 15.6. The number of nitrogens with zero attached hydrogens (tertiary/aromatic N) is 3. The van der Waals surface area contributed by atoms with E-state index in [9.17, 15) is 23.2 Å². The predicted octanol–water partition coefficient (Wildman–Crippen LogP) is 1.73. The minimum atomic E-state index is -1.07. The largest absolute Gasteiger partial charge is 0.348 e. The molecule has 1 aromatic carbocycles. The Kier molecular flexibility index (Phi) is 6.47. The number of carbonyl (C=O) groups is 3. The first-order chi connectivity index (χ1) is 13.8. The van der Waals surface area contributed by atoms with Crippen LogP contribution >= 0.6 is 11.5 Å². The number of benzene rings is 1. The molecule has 0 bridgehead atoms. The van der Waals surface area contributed by atoms with Gasteiger partial charge in [-0.3, -0.25) is 14.4 Å². The van der Waals surface area contributed by atoms with Gasteiger partial charge in [-0.25, -0.2) is 8.78 Å². The predicted molar refractivity (Wildman–Crippen MR) is 101 cm³/mol. The fourth-order valence-electron chi connectivity index (χ4n) is 3.00. The molecule has 1 aliphatic rings. The number of piperidine rings is 1. The first kappa shape index (κ1) is 20.8. The molecular weight excluding hydrogens is 404 g/mol. The third kappa shape index (κ3) is 5.11. The van der Waals surface area contributed by atoms with E-state index < -0.39 is 29.1 Å². The highest BCUT2D eigenvalue weighted by atomic mass is 32.1. The van der Waals surface area contributed by atoms with E-state index in [-0.39, 0.29) is 18.4 Å². The zero-order valence-corrected chi connectivity index (χ0v) is 16.4. The molecule has 2 aromatic rings. The zero-order chi connectivity index (χ0) is 21.0. The van der Waals surface area contributed by atoms with Crippen LogP contribution in [0.2, 0.25) is 0 Å². The summed E-state index contributed by atoms with van der Waals surface area (Å²) in [5.41, 5.74) is 0.208. The van der Waals surface area contributed by atoms with Crippen LogP contribution in [0.1, 0.15) is 28.2 Å². The normalized spacial score (nSPS) is 14.5. The van der Waals surface area contributed by atoms with Gasteiger partial charge in [-0.15, -0.1) is 5.10 Å². The van der Waals surface area contributed by atoms with Gasteiger partial charge < -0.3 is 15.5 Å². The SMILES string of the molecule is Cc1nnsc1C(=O)N1CCC(CNC(=O)C(=O)Nc2cc(F)ccc2F)CC1. The van der Waals surface area contributed by atoms with Crippen LogP contribution in [-0.2, 0) is 9.59 Å². The Balaban J connectivity index is 1.44. The van der Waals surface area contributed by atoms with Crippen molar-refractivity contribution in [2.24, 2.45) is 5.92 Å². The fourth-order valence-corrected chi connectivity index (χ4v) is 3.63. The van der Waals surface area contributed by atoms with Gasteiger partial charge in [0.05, 0.1) is 11.4 Å². The minimum absolute atomic E-state index is 0.0994. The Morgan fingerprint density at radius 1 is 1.21 bits per heavy atom. The van der Waals surface area contributed by atoms with Crippen LogP contribution in [0.15, 0.2) is 18.2 Å². The van der Waals surface area contributed by atoms with Crippen molar-refractivity contribution < 1.29 is 23.2 Å². The van der Waals surface area contributed by atoms with Gasteiger partial charge in [0, 0.05) is 25.7 Å². The summed E-state index contributed by atoms with van der Waals surface area (Å²) < 4.78 is 30.5. The van der Waals surface area contributed by atoms with E-state index in [0.717, 1.165) is 29.7 Å². The number of likely N-dealkylation sites (tertiary alicyclic amines) is 1. The second-order valence-electron chi connectivity index (χ2n) is 6.71. The van der Waals surface area contributed by atoms with Crippen LogP contribution in [0, 0.1) is 24.5 Å². The quantitative estimate of drug-likeness (QED) is 0.729. The van der Waals surface area contributed by atoms with Crippen LogP contribution in [0.25, 0.3) is 0 Å². The highest BCUT2D eigenvalue weighted by Gasteiger charge is 2.27. The molecule has 1 aliphatic heterocycles. The second kappa shape index (κ2) is 9.03. The number of aromatic nitrogens is 2. The lowest BCUT2D eigenvalue weighted by atomic mass is 9.96. The van der Waals surface area contributed by atoms with Crippen molar-refractivity contribution in [2.75, 3.05) is 25.0 Å². The maximum absolute atomic E-state index is 13.5. The third-order valence-corrected chi connectivity index (χ3v) is 5.50. The Morgan fingerprint density at radius 3 is 2.59 bits per heavy atom. The van der Waals surface area contributed by atoms with Crippen molar-refractivity contribution in [3.8, 4) is 0 Å². The molecule has 8 nitrogen and oxygen atoms in total.